The van der Waals surface area contributed by atoms with Crippen molar-refractivity contribution < 1.29 is 9.53 Å². The molecule has 1 atom stereocenters. The van der Waals surface area contributed by atoms with E-state index in [-0.39, 0.29) is 17.7 Å². The second-order valence-corrected chi connectivity index (χ2v) is 9.14. The Kier molecular flexibility index (Phi) is 5.54. The van der Waals surface area contributed by atoms with Crippen molar-refractivity contribution in [1.82, 2.24) is 19.4 Å². The minimum Gasteiger partial charge on any atom is -0.444 e. The highest BCUT2D eigenvalue weighted by atomic mass is 79.9. The Balaban J connectivity index is 2.02. The van der Waals surface area contributed by atoms with Gasteiger partial charge in [-0.25, -0.2) is 14.8 Å². The Morgan fingerprint density at radius 1 is 1.41 bits per heavy atom. The van der Waals surface area contributed by atoms with Crippen molar-refractivity contribution in [3.05, 3.63) is 26.6 Å². The van der Waals surface area contributed by atoms with Gasteiger partial charge in [0.05, 0.1) is 10.5 Å². The van der Waals surface area contributed by atoms with Crippen LogP contribution in [0.4, 0.5) is 4.79 Å². The van der Waals surface area contributed by atoms with Gasteiger partial charge >= 0.3 is 6.09 Å². The Morgan fingerprint density at radius 2 is 2.11 bits per heavy atom. The molecule has 146 valence electrons. The van der Waals surface area contributed by atoms with E-state index >= 15 is 0 Å². The number of pyridine rings is 1. The van der Waals surface area contributed by atoms with Crippen molar-refractivity contribution in [2.24, 2.45) is 0 Å². The molecule has 1 fully saturated rings. The van der Waals surface area contributed by atoms with E-state index in [0.29, 0.717) is 34.8 Å². The first-order chi connectivity index (χ1) is 12.6. The molecule has 1 aliphatic rings. The van der Waals surface area contributed by atoms with Gasteiger partial charge in [-0.15, -0.1) is 0 Å². The summed E-state index contributed by atoms with van der Waals surface area (Å²) < 4.78 is 7.66. The van der Waals surface area contributed by atoms with E-state index in [1.165, 1.54) is 11.8 Å². The van der Waals surface area contributed by atoms with Gasteiger partial charge in [0.15, 0.2) is 5.16 Å². The minimum absolute atomic E-state index is 0.137. The van der Waals surface area contributed by atoms with Crippen LogP contribution in [-0.2, 0) is 4.74 Å². The highest BCUT2D eigenvalue weighted by Crippen LogP contribution is 2.29. The smallest absolute Gasteiger partial charge is 0.410 e. The van der Waals surface area contributed by atoms with Gasteiger partial charge in [-0.1, -0.05) is 11.8 Å². The molecule has 7 nitrogen and oxygen atoms in total. The molecule has 0 bridgehead atoms. The summed E-state index contributed by atoms with van der Waals surface area (Å²) in [4.78, 5) is 36.0. The largest absolute Gasteiger partial charge is 0.444 e. The molecule has 0 aromatic carbocycles. The molecule has 0 radical (unpaired) electrons. The first-order valence-electron chi connectivity index (χ1n) is 8.71. The summed E-state index contributed by atoms with van der Waals surface area (Å²) in [5, 5.41) is 1.44. The lowest BCUT2D eigenvalue weighted by atomic mass is 10.1. The first-order valence-corrected chi connectivity index (χ1v) is 10.7. The fourth-order valence-electron chi connectivity index (χ4n) is 3.17. The van der Waals surface area contributed by atoms with Crippen LogP contribution in [-0.4, -0.2) is 50.5 Å². The third kappa shape index (κ3) is 3.99. The fourth-order valence-corrected chi connectivity index (χ4v) is 3.91. The van der Waals surface area contributed by atoms with Gasteiger partial charge in [-0.2, -0.15) is 0 Å². The summed E-state index contributed by atoms with van der Waals surface area (Å²) in [5.41, 5.74) is 0.741. The van der Waals surface area contributed by atoms with Crippen LogP contribution in [0.1, 0.15) is 38.8 Å². The van der Waals surface area contributed by atoms with Gasteiger partial charge in [0.1, 0.15) is 11.2 Å². The molecule has 0 aliphatic carbocycles. The number of halogens is 1. The minimum atomic E-state index is -0.550. The Hall–Kier alpha value is -1.61. The number of nitrogens with zero attached hydrogens (tertiary/aromatic N) is 4. The van der Waals surface area contributed by atoms with Crippen LogP contribution in [0.5, 0.6) is 0 Å². The Morgan fingerprint density at radius 3 is 2.74 bits per heavy atom. The van der Waals surface area contributed by atoms with Gasteiger partial charge in [0, 0.05) is 24.7 Å². The molecule has 0 spiro atoms. The van der Waals surface area contributed by atoms with Crippen LogP contribution in [0, 0.1) is 6.92 Å². The molecule has 27 heavy (non-hydrogen) atoms. The summed E-state index contributed by atoms with van der Waals surface area (Å²) in [7, 11) is 0. The number of fused-ring (bicyclic) bond motifs is 1. The maximum Gasteiger partial charge on any atom is 0.410 e. The van der Waals surface area contributed by atoms with Crippen LogP contribution in [0.2, 0.25) is 0 Å². The van der Waals surface area contributed by atoms with Crippen molar-refractivity contribution >= 4 is 44.8 Å². The number of hydrogen-bond acceptors (Lipinski definition) is 6. The summed E-state index contributed by atoms with van der Waals surface area (Å²) in [6, 6.07) is -0.158. The number of hydrogen-bond donors (Lipinski definition) is 0. The van der Waals surface area contributed by atoms with Crippen LogP contribution >= 0.6 is 27.7 Å². The van der Waals surface area contributed by atoms with Crippen LogP contribution in [0.15, 0.2) is 20.6 Å². The van der Waals surface area contributed by atoms with E-state index in [2.05, 4.69) is 25.9 Å². The summed E-state index contributed by atoms with van der Waals surface area (Å²) in [5.74, 6) is 0. The van der Waals surface area contributed by atoms with Crippen LogP contribution < -0.4 is 5.56 Å². The molecule has 3 heterocycles. The van der Waals surface area contributed by atoms with Crippen LogP contribution in [0.3, 0.4) is 0 Å². The highest BCUT2D eigenvalue weighted by Gasteiger charge is 2.32. The molecule has 2 aromatic rings. The number of carbonyl (C=O) groups is 1. The monoisotopic (exact) mass is 454 g/mol. The van der Waals surface area contributed by atoms with E-state index in [9.17, 15) is 9.59 Å². The fraction of sp³-hybridized carbons (Fsp3) is 0.556. The number of thioether (sulfide) groups is 1. The van der Waals surface area contributed by atoms with Crippen molar-refractivity contribution in [3.63, 3.8) is 0 Å². The van der Waals surface area contributed by atoms with E-state index in [1.807, 2.05) is 34.0 Å². The number of ether oxygens (including phenoxy) is 1. The van der Waals surface area contributed by atoms with E-state index in [0.717, 1.165) is 10.9 Å². The third-order valence-corrected chi connectivity index (χ3v) is 5.97. The maximum absolute atomic E-state index is 13.0. The molecule has 1 aliphatic heterocycles. The van der Waals surface area contributed by atoms with Crippen LogP contribution in [0.25, 0.3) is 11.0 Å². The molecular formula is C18H23BrN4O3S. The molecule has 3 rings (SSSR count). The maximum atomic E-state index is 13.0. The number of aryl methyl sites for hydroxylation is 1. The lowest BCUT2D eigenvalue weighted by Gasteiger charge is -2.24. The topological polar surface area (TPSA) is 77.3 Å². The molecule has 1 saturated heterocycles. The number of amides is 1. The normalized spacial score (nSPS) is 17.6. The number of aromatic nitrogens is 3. The lowest BCUT2D eigenvalue weighted by molar-refractivity contribution is 0.0289. The quantitative estimate of drug-likeness (QED) is 0.507. The summed E-state index contributed by atoms with van der Waals surface area (Å²) >= 11 is 4.85. The van der Waals surface area contributed by atoms with E-state index < -0.39 is 5.60 Å². The van der Waals surface area contributed by atoms with Crippen molar-refractivity contribution in [3.8, 4) is 0 Å². The molecule has 1 amide bonds. The van der Waals surface area contributed by atoms with Crippen molar-refractivity contribution in [2.75, 3.05) is 19.3 Å². The average molecular weight is 455 g/mol. The molecule has 0 unspecified atom stereocenters. The van der Waals surface area contributed by atoms with Gasteiger partial charge in [0.25, 0.3) is 5.56 Å². The zero-order chi connectivity index (χ0) is 19.9. The van der Waals surface area contributed by atoms with E-state index in [4.69, 9.17) is 4.74 Å². The zero-order valence-electron chi connectivity index (χ0n) is 16.1. The molecule has 2 aromatic heterocycles. The van der Waals surface area contributed by atoms with Crippen molar-refractivity contribution in [1.29, 1.82) is 0 Å². The lowest BCUT2D eigenvalue weighted by Crippen LogP contribution is -2.36. The SMILES string of the molecule is CSc1ncc2c(C)c(Br)c(=O)n([C@@H]3CCN(C(=O)OC(C)(C)C)C3)c2n1. The molecule has 0 saturated carbocycles. The molecule has 0 N–H and O–H groups in total. The first kappa shape index (κ1) is 20.1. The standard InChI is InChI=1S/C18H23BrN4O3S/c1-10-12-8-20-16(27-5)21-14(12)23(15(24)13(10)19)11-6-7-22(9-11)17(25)26-18(2,3)4/h8,11H,6-7,9H2,1-5H3/t11-/m1/s1. The van der Waals surface area contributed by atoms with E-state index in [1.54, 1.807) is 15.7 Å². The molecular weight excluding hydrogens is 432 g/mol. The molecule has 9 heteroatoms. The predicted molar refractivity (Wildman–Crippen MR) is 109 cm³/mol. The number of carbonyl (C=O) groups excluding carboxylic acids is 1. The second kappa shape index (κ2) is 7.43. The predicted octanol–water partition coefficient (Wildman–Crippen LogP) is 3.77. The third-order valence-electron chi connectivity index (χ3n) is 4.48. The summed E-state index contributed by atoms with van der Waals surface area (Å²) in [6.45, 7) is 8.36. The summed E-state index contributed by atoms with van der Waals surface area (Å²) in [6.07, 6.45) is 3.97. The second-order valence-electron chi connectivity index (χ2n) is 7.58. The highest BCUT2D eigenvalue weighted by molar-refractivity contribution is 9.10. The Bertz CT molecular complexity index is 954. The van der Waals surface area contributed by atoms with Gasteiger partial charge in [-0.05, 0) is 61.9 Å². The number of rotatable bonds is 2. The van der Waals surface area contributed by atoms with Gasteiger partial charge in [-0.3, -0.25) is 9.36 Å². The number of likely N-dealkylation sites (tertiary alicyclic amines) is 1. The van der Waals surface area contributed by atoms with Gasteiger partial charge in [0.2, 0.25) is 0 Å². The Labute approximate surface area is 170 Å². The average Bonchev–Trinajstić information content (AvgIpc) is 3.08. The zero-order valence-corrected chi connectivity index (χ0v) is 18.5. The van der Waals surface area contributed by atoms with Gasteiger partial charge < -0.3 is 9.64 Å². The van der Waals surface area contributed by atoms with Crippen molar-refractivity contribution in [2.45, 2.75) is 50.9 Å².